The minimum absolute atomic E-state index is 0.170. The fourth-order valence-corrected chi connectivity index (χ4v) is 1.69. The zero-order chi connectivity index (χ0) is 10.8. The third-order valence-corrected chi connectivity index (χ3v) is 2.57. The van der Waals surface area contributed by atoms with Gasteiger partial charge in [-0.1, -0.05) is 5.16 Å². The van der Waals surface area contributed by atoms with Crippen LogP contribution in [0.25, 0.3) is 0 Å². The van der Waals surface area contributed by atoms with Gasteiger partial charge in [0.25, 0.3) is 5.91 Å². The Balaban J connectivity index is 1.95. The zero-order valence-electron chi connectivity index (χ0n) is 7.96. The summed E-state index contributed by atoms with van der Waals surface area (Å²) in [6, 6.07) is 1.02. The number of nitrogens with one attached hydrogen (secondary N) is 1. The Bertz CT molecular complexity index is 338. The van der Waals surface area contributed by atoms with Crippen molar-refractivity contribution in [2.75, 3.05) is 0 Å². The first-order valence-corrected chi connectivity index (χ1v) is 4.76. The van der Waals surface area contributed by atoms with Gasteiger partial charge in [0.15, 0.2) is 5.69 Å². The summed E-state index contributed by atoms with van der Waals surface area (Å²) in [5.41, 5.74) is 0.170. The van der Waals surface area contributed by atoms with Gasteiger partial charge in [0.2, 0.25) is 0 Å². The molecule has 0 aliphatic heterocycles. The van der Waals surface area contributed by atoms with E-state index in [1.807, 2.05) is 0 Å². The van der Waals surface area contributed by atoms with Crippen LogP contribution in [0, 0.1) is 0 Å². The molecule has 0 bridgehead atoms. The molecular weight excluding hydrogens is 200 g/mol. The summed E-state index contributed by atoms with van der Waals surface area (Å²) in [7, 11) is 0. The van der Waals surface area contributed by atoms with Crippen molar-refractivity contribution in [2.45, 2.75) is 31.1 Å². The molecule has 3 atom stereocenters. The zero-order valence-corrected chi connectivity index (χ0v) is 7.96. The van der Waals surface area contributed by atoms with Crippen LogP contribution in [0.4, 0.5) is 0 Å². The number of aliphatic hydroxyl groups is 2. The Hall–Kier alpha value is -1.40. The normalized spacial score (nSPS) is 30.4. The van der Waals surface area contributed by atoms with Gasteiger partial charge in [0.1, 0.15) is 12.4 Å². The van der Waals surface area contributed by atoms with E-state index in [1.165, 1.54) is 12.3 Å². The van der Waals surface area contributed by atoms with Crippen LogP contribution in [-0.2, 0) is 0 Å². The minimum Gasteiger partial charge on any atom is -0.390 e. The summed E-state index contributed by atoms with van der Waals surface area (Å²) in [5.74, 6) is -0.401. The molecule has 3 N–H and O–H groups in total. The van der Waals surface area contributed by atoms with Crippen molar-refractivity contribution >= 4 is 5.91 Å². The van der Waals surface area contributed by atoms with Gasteiger partial charge in [-0.3, -0.25) is 4.79 Å². The SMILES string of the molecule is O=C(N[C@@H]1CC[C@@H](O)[C@@H]1O)c1ccon1. The van der Waals surface area contributed by atoms with Crippen molar-refractivity contribution in [1.82, 2.24) is 10.5 Å². The molecular formula is C9H12N2O4. The molecule has 15 heavy (non-hydrogen) atoms. The molecule has 0 unspecified atom stereocenters. The highest BCUT2D eigenvalue weighted by Gasteiger charge is 2.34. The largest absolute Gasteiger partial charge is 0.390 e. The Morgan fingerprint density at radius 2 is 2.33 bits per heavy atom. The summed E-state index contributed by atoms with van der Waals surface area (Å²) in [5, 5.41) is 24.8. The van der Waals surface area contributed by atoms with Gasteiger partial charge in [-0.05, 0) is 12.8 Å². The molecule has 1 aromatic rings. The van der Waals surface area contributed by atoms with E-state index in [1.54, 1.807) is 0 Å². The summed E-state index contributed by atoms with van der Waals surface area (Å²) in [6.07, 6.45) is 0.694. The van der Waals surface area contributed by atoms with E-state index >= 15 is 0 Å². The fraction of sp³-hybridized carbons (Fsp3) is 0.556. The number of nitrogens with zero attached hydrogens (tertiary/aromatic N) is 1. The third-order valence-electron chi connectivity index (χ3n) is 2.57. The first-order valence-electron chi connectivity index (χ1n) is 4.76. The monoisotopic (exact) mass is 212 g/mol. The molecule has 0 radical (unpaired) electrons. The summed E-state index contributed by atoms with van der Waals surface area (Å²) in [4.78, 5) is 11.5. The highest BCUT2D eigenvalue weighted by atomic mass is 16.5. The molecule has 1 aliphatic carbocycles. The molecule has 2 rings (SSSR count). The lowest BCUT2D eigenvalue weighted by molar-refractivity contribution is 0.0295. The number of rotatable bonds is 2. The maximum Gasteiger partial charge on any atom is 0.273 e. The maximum atomic E-state index is 11.5. The first-order chi connectivity index (χ1) is 7.18. The van der Waals surface area contributed by atoms with Crippen LogP contribution in [-0.4, -0.2) is 39.5 Å². The molecule has 1 amide bonds. The topological polar surface area (TPSA) is 95.6 Å². The van der Waals surface area contributed by atoms with E-state index in [2.05, 4.69) is 15.0 Å². The average Bonchev–Trinajstić information content (AvgIpc) is 2.83. The number of aliphatic hydroxyl groups excluding tert-OH is 2. The lowest BCUT2D eigenvalue weighted by atomic mass is 10.2. The van der Waals surface area contributed by atoms with Crippen molar-refractivity contribution in [3.05, 3.63) is 18.0 Å². The van der Waals surface area contributed by atoms with Gasteiger partial charge < -0.3 is 20.1 Å². The average molecular weight is 212 g/mol. The Kier molecular flexibility index (Phi) is 2.70. The lowest BCUT2D eigenvalue weighted by Crippen LogP contribution is -2.43. The van der Waals surface area contributed by atoms with E-state index < -0.39 is 24.2 Å². The van der Waals surface area contributed by atoms with E-state index in [0.717, 1.165) is 0 Å². The molecule has 6 nitrogen and oxygen atoms in total. The Morgan fingerprint density at radius 1 is 1.53 bits per heavy atom. The van der Waals surface area contributed by atoms with Crippen LogP contribution in [0.15, 0.2) is 16.9 Å². The van der Waals surface area contributed by atoms with E-state index in [4.69, 9.17) is 0 Å². The number of amides is 1. The molecule has 0 aromatic carbocycles. The Labute approximate surface area is 85.9 Å². The third kappa shape index (κ3) is 2.00. The number of aromatic nitrogens is 1. The van der Waals surface area contributed by atoms with Crippen molar-refractivity contribution in [3.8, 4) is 0 Å². The molecule has 1 aliphatic rings. The van der Waals surface area contributed by atoms with Gasteiger partial charge >= 0.3 is 0 Å². The number of hydrogen-bond donors (Lipinski definition) is 3. The van der Waals surface area contributed by atoms with Crippen LogP contribution in [0.2, 0.25) is 0 Å². The smallest absolute Gasteiger partial charge is 0.273 e. The number of hydrogen-bond acceptors (Lipinski definition) is 5. The van der Waals surface area contributed by atoms with E-state index in [0.29, 0.717) is 12.8 Å². The Morgan fingerprint density at radius 3 is 2.87 bits per heavy atom. The summed E-state index contributed by atoms with van der Waals surface area (Å²) < 4.78 is 4.53. The van der Waals surface area contributed by atoms with Gasteiger partial charge in [-0.25, -0.2) is 0 Å². The van der Waals surface area contributed by atoms with Crippen LogP contribution < -0.4 is 5.32 Å². The fourth-order valence-electron chi connectivity index (χ4n) is 1.69. The molecule has 1 heterocycles. The highest BCUT2D eigenvalue weighted by Crippen LogP contribution is 2.19. The second-order valence-corrected chi connectivity index (χ2v) is 3.60. The second-order valence-electron chi connectivity index (χ2n) is 3.60. The standard InChI is InChI=1S/C9H12N2O4/c12-7-2-1-5(8(7)13)10-9(14)6-3-4-15-11-6/h3-5,7-8,12-13H,1-2H2,(H,10,14)/t5-,7-,8-/m1/s1. The molecule has 6 heteroatoms. The van der Waals surface area contributed by atoms with Gasteiger partial charge in [-0.15, -0.1) is 0 Å². The van der Waals surface area contributed by atoms with Crippen LogP contribution >= 0.6 is 0 Å². The molecule has 1 saturated carbocycles. The highest BCUT2D eigenvalue weighted by molar-refractivity contribution is 5.92. The van der Waals surface area contributed by atoms with Crippen molar-refractivity contribution in [2.24, 2.45) is 0 Å². The quantitative estimate of drug-likeness (QED) is 0.601. The van der Waals surface area contributed by atoms with Crippen molar-refractivity contribution in [3.63, 3.8) is 0 Å². The van der Waals surface area contributed by atoms with Crippen LogP contribution in [0.3, 0.4) is 0 Å². The van der Waals surface area contributed by atoms with Crippen LogP contribution in [0.5, 0.6) is 0 Å². The number of carbonyl (C=O) groups is 1. The van der Waals surface area contributed by atoms with E-state index in [-0.39, 0.29) is 5.69 Å². The predicted octanol–water partition coefficient (Wildman–Crippen LogP) is -0.711. The molecule has 0 saturated heterocycles. The summed E-state index contributed by atoms with van der Waals surface area (Å²) >= 11 is 0. The van der Waals surface area contributed by atoms with Gasteiger partial charge in [-0.2, -0.15) is 0 Å². The van der Waals surface area contributed by atoms with Crippen molar-refractivity contribution < 1.29 is 19.5 Å². The molecule has 1 fully saturated rings. The first kappa shape index (κ1) is 10.1. The molecule has 1 aromatic heterocycles. The van der Waals surface area contributed by atoms with Gasteiger partial charge in [0, 0.05) is 6.07 Å². The van der Waals surface area contributed by atoms with Crippen LogP contribution in [0.1, 0.15) is 23.3 Å². The minimum atomic E-state index is -0.902. The molecule has 0 spiro atoms. The predicted molar refractivity (Wildman–Crippen MR) is 49.0 cm³/mol. The second kappa shape index (κ2) is 4.00. The molecule has 82 valence electrons. The maximum absolute atomic E-state index is 11.5. The number of carbonyl (C=O) groups excluding carboxylic acids is 1. The van der Waals surface area contributed by atoms with Gasteiger partial charge in [0.05, 0.1) is 12.1 Å². The van der Waals surface area contributed by atoms with Crippen molar-refractivity contribution in [1.29, 1.82) is 0 Å². The van der Waals surface area contributed by atoms with E-state index in [9.17, 15) is 15.0 Å². The lowest BCUT2D eigenvalue weighted by Gasteiger charge is -2.16. The summed E-state index contributed by atoms with van der Waals surface area (Å²) in [6.45, 7) is 0.